The Morgan fingerprint density at radius 1 is 1.12 bits per heavy atom. The average Bonchev–Trinajstić information content (AvgIpc) is 2.74. The molecule has 9 heteroatoms. The van der Waals surface area contributed by atoms with Gasteiger partial charge < -0.3 is 10.2 Å². The van der Waals surface area contributed by atoms with Gasteiger partial charge in [-0.25, -0.2) is 0 Å². The van der Waals surface area contributed by atoms with E-state index in [-0.39, 0.29) is 19.3 Å². The van der Waals surface area contributed by atoms with Gasteiger partial charge in [-0.1, -0.05) is 37.7 Å². The molecule has 0 fully saturated rings. The van der Waals surface area contributed by atoms with E-state index >= 15 is 0 Å². The molecule has 1 aliphatic rings. The molecule has 0 saturated heterocycles. The molecule has 188 valence electrons. The summed E-state index contributed by atoms with van der Waals surface area (Å²) in [6.07, 6.45) is -6.40. The van der Waals surface area contributed by atoms with Crippen LogP contribution in [0.5, 0.6) is 0 Å². The Hall–Kier alpha value is -2.35. The van der Waals surface area contributed by atoms with Crippen molar-refractivity contribution in [3.05, 3.63) is 76.7 Å². The molecule has 2 rings (SSSR count). The summed E-state index contributed by atoms with van der Waals surface area (Å²) in [5, 5.41) is 3.31. The topological polar surface area (TPSA) is 15.3 Å². The summed E-state index contributed by atoms with van der Waals surface area (Å²) in [5.74, 6) is 0. The lowest BCUT2D eigenvalue weighted by Gasteiger charge is -2.36. The summed E-state index contributed by atoms with van der Waals surface area (Å²) >= 11 is 6.17. The Morgan fingerprint density at radius 3 is 2.32 bits per heavy atom. The molecule has 0 aliphatic carbocycles. The van der Waals surface area contributed by atoms with Gasteiger partial charge >= 0.3 is 12.4 Å². The molecule has 0 saturated carbocycles. The standard InChI is InChI=1S/C25H29ClF6N2/c1-5-18-15-34(23(17(3)33-4)7-6-11-24(27,28)29)16(2)13-21(18)22-14-20(26)9-8-19(22)10-12-25(30,31)32/h8-9,13-15,23,33H,2-3,5-7,10-12H2,1,4H3. The van der Waals surface area contributed by atoms with Crippen LogP contribution in [0.25, 0.3) is 5.57 Å². The number of likely N-dealkylation sites (N-methyl/N-ethyl adjacent to an activating group) is 1. The summed E-state index contributed by atoms with van der Waals surface area (Å²) < 4.78 is 76.7. The minimum atomic E-state index is -4.29. The van der Waals surface area contributed by atoms with Crippen LogP contribution < -0.4 is 5.32 Å². The molecule has 1 atom stereocenters. The van der Waals surface area contributed by atoms with E-state index in [4.69, 9.17) is 11.6 Å². The van der Waals surface area contributed by atoms with Gasteiger partial charge in [-0.15, -0.1) is 0 Å². The van der Waals surface area contributed by atoms with E-state index in [1.54, 1.807) is 42.4 Å². The van der Waals surface area contributed by atoms with Crippen LogP contribution in [0, 0.1) is 0 Å². The highest BCUT2D eigenvalue weighted by molar-refractivity contribution is 6.30. The number of nitrogens with zero attached hydrogens (tertiary/aromatic N) is 1. The van der Waals surface area contributed by atoms with E-state index in [9.17, 15) is 26.3 Å². The molecule has 2 nitrogen and oxygen atoms in total. The van der Waals surface area contributed by atoms with Gasteiger partial charge in [0.2, 0.25) is 0 Å². The van der Waals surface area contributed by atoms with E-state index in [1.807, 2.05) is 6.92 Å². The lowest BCUT2D eigenvalue weighted by atomic mass is 9.88. The van der Waals surface area contributed by atoms with Crippen LogP contribution in [0.1, 0.15) is 50.2 Å². The van der Waals surface area contributed by atoms with E-state index in [0.29, 0.717) is 39.5 Å². The van der Waals surface area contributed by atoms with Crippen LogP contribution in [-0.2, 0) is 6.42 Å². The van der Waals surface area contributed by atoms with Crippen LogP contribution in [0.2, 0.25) is 5.02 Å². The van der Waals surface area contributed by atoms with E-state index in [0.717, 1.165) is 5.57 Å². The monoisotopic (exact) mass is 506 g/mol. The number of nitrogens with one attached hydrogen (secondary N) is 1. The van der Waals surface area contributed by atoms with Gasteiger partial charge in [-0.3, -0.25) is 0 Å². The summed E-state index contributed by atoms with van der Waals surface area (Å²) in [6.45, 7) is 9.92. The van der Waals surface area contributed by atoms with E-state index in [1.165, 1.54) is 0 Å². The quantitative estimate of drug-likeness (QED) is 0.322. The second kappa shape index (κ2) is 11.4. The third kappa shape index (κ3) is 7.86. The fourth-order valence-corrected chi connectivity index (χ4v) is 4.09. The number of rotatable bonds is 10. The van der Waals surface area contributed by atoms with Crippen molar-refractivity contribution in [2.24, 2.45) is 0 Å². The number of hydrogen-bond acceptors (Lipinski definition) is 2. The van der Waals surface area contributed by atoms with Gasteiger partial charge in [0.25, 0.3) is 0 Å². The molecule has 1 heterocycles. The number of allylic oxidation sites excluding steroid dienone is 3. The first-order chi connectivity index (χ1) is 15.8. The summed E-state index contributed by atoms with van der Waals surface area (Å²) in [6, 6.07) is 4.32. The molecule has 1 N–H and O–H groups in total. The van der Waals surface area contributed by atoms with Gasteiger partial charge in [0.15, 0.2) is 0 Å². The summed E-state index contributed by atoms with van der Waals surface area (Å²) in [5.41, 5.74) is 3.66. The second-order valence-electron chi connectivity index (χ2n) is 8.18. The fourth-order valence-electron chi connectivity index (χ4n) is 3.91. The first-order valence-corrected chi connectivity index (χ1v) is 11.3. The van der Waals surface area contributed by atoms with Crippen LogP contribution in [0.4, 0.5) is 26.3 Å². The lowest BCUT2D eigenvalue weighted by Crippen LogP contribution is -2.36. The largest absolute Gasteiger partial charge is 0.390 e. The van der Waals surface area contributed by atoms with Gasteiger partial charge in [0, 0.05) is 42.5 Å². The Bertz CT molecular complexity index is 959. The number of hydrogen-bond donors (Lipinski definition) is 1. The highest BCUT2D eigenvalue weighted by Gasteiger charge is 2.31. The SMILES string of the molecule is C=C(NC)C(CCCC(F)(F)F)N1C=C(CC)C(c2cc(Cl)ccc2CCC(F)(F)F)=CC1=C. The second-order valence-corrected chi connectivity index (χ2v) is 8.62. The van der Waals surface area contributed by atoms with Gasteiger partial charge in [0.1, 0.15) is 0 Å². The minimum Gasteiger partial charge on any atom is -0.390 e. The number of alkyl halides is 6. The summed E-state index contributed by atoms with van der Waals surface area (Å²) in [4.78, 5) is 1.78. The Morgan fingerprint density at radius 2 is 1.76 bits per heavy atom. The maximum Gasteiger partial charge on any atom is 0.389 e. The highest BCUT2D eigenvalue weighted by atomic mass is 35.5. The zero-order chi connectivity index (χ0) is 25.7. The van der Waals surface area contributed by atoms with Crippen molar-refractivity contribution < 1.29 is 26.3 Å². The smallest absolute Gasteiger partial charge is 0.389 e. The highest BCUT2D eigenvalue weighted by Crippen LogP contribution is 2.38. The summed E-state index contributed by atoms with van der Waals surface area (Å²) in [7, 11) is 1.65. The molecule has 1 aromatic rings. The van der Waals surface area contributed by atoms with Crippen molar-refractivity contribution in [1.82, 2.24) is 10.2 Å². The molecular weight excluding hydrogens is 478 g/mol. The minimum absolute atomic E-state index is 0.0829. The van der Waals surface area contributed by atoms with Gasteiger partial charge in [-0.05, 0) is 66.2 Å². The third-order valence-electron chi connectivity index (χ3n) is 5.70. The Kier molecular flexibility index (Phi) is 9.34. The third-order valence-corrected chi connectivity index (χ3v) is 5.94. The predicted molar refractivity (Wildman–Crippen MR) is 125 cm³/mol. The van der Waals surface area contributed by atoms with Crippen molar-refractivity contribution in [3.63, 3.8) is 0 Å². The molecule has 1 unspecified atom stereocenters. The van der Waals surface area contributed by atoms with E-state index in [2.05, 4.69) is 18.5 Å². The molecular formula is C25H29ClF6N2. The molecule has 0 amide bonds. The van der Waals surface area contributed by atoms with Crippen LogP contribution >= 0.6 is 11.6 Å². The molecule has 0 bridgehead atoms. The van der Waals surface area contributed by atoms with Crippen molar-refractivity contribution in [2.45, 2.75) is 63.8 Å². The molecule has 0 spiro atoms. The van der Waals surface area contributed by atoms with Crippen molar-refractivity contribution in [2.75, 3.05) is 7.05 Å². The van der Waals surface area contributed by atoms with Crippen LogP contribution in [0.15, 0.2) is 60.6 Å². The van der Waals surface area contributed by atoms with Crippen molar-refractivity contribution in [3.8, 4) is 0 Å². The maximum atomic E-state index is 12.9. The molecule has 1 aromatic carbocycles. The molecule has 0 radical (unpaired) electrons. The van der Waals surface area contributed by atoms with Crippen LogP contribution in [0.3, 0.4) is 0 Å². The van der Waals surface area contributed by atoms with Gasteiger partial charge in [0.05, 0.1) is 6.04 Å². The fraction of sp³-hybridized carbons (Fsp3) is 0.440. The lowest BCUT2D eigenvalue weighted by molar-refractivity contribution is -0.136. The molecule has 34 heavy (non-hydrogen) atoms. The van der Waals surface area contributed by atoms with Crippen molar-refractivity contribution in [1.29, 1.82) is 0 Å². The van der Waals surface area contributed by atoms with Gasteiger partial charge in [-0.2, -0.15) is 26.3 Å². The normalized spacial score (nSPS) is 15.7. The maximum absolute atomic E-state index is 12.9. The molecule has 0 aromatic heterocycles. The Balaban J connectivity index is 2.40. The number of aryl methyl sites for hydroxylation is 1. The zero-order valence-electron chi connectivity index (χ0n) is 19.2. The number of benzene rings is 1. The predicted octanol–water partition coefficient (Wildman–Crippen LogP) is 8.18. The van der Waals surface area contributed by atoms with Crippen LogP contribution in [-0.4, -0.2) is 30.3 Å². The van der Waals surface area contributed by atoms with E-state index < -0.39 is 31.2 Å². The Labute approximate surface area is 201 Å². The zero-order valence-corrected chi connectivity index (χ0v) is 20.0. The number of halogens is 7. The average molecular weight is 507 g/mol. The first kappa shape index (κ1) is 27.9. The first-order valence-electron chi connectivity index (χ1n) is 10.9. The van der Waals surface area contributed by atoms with Crippen molar-refractivity contribution >= 4 is 17.2 Å². The molecule has 1 aliphatic heterocycles.